The molecule has 4 heteroatoms. The molecule has 0 radical (unpaired) electrons. The molecule has 0 spiro atoms. The molecule has 16 heavy (non-hydrogen) atoms. The second-order valence-electron chi connectivity index (χ2n) is 3.29. The molecule has 1 aromatic heterocycles. The van der Waals surface area contributed by atoms with Gasteiger partial charge in [-0.1, -0.05) is 23.7 Å². The summed E-state index contributed by atoms with van der Waals surface area (Å²) in [5.41, 5.74) is 0.658. The van der Waals surface area contributed by atoms with Crippen LogP contribution in [0, 0.1) is 0 Å². The standard InChI is InChI=1S/C12H10ClNO2/c1-14(10-6-3-2-5-9(10)13)12(15)11-7-4-8-16-11/h2-8H,1H3. The Labute approximate surface area is 98.2 Å². The van der Waals surface area contributed by atoms with Gasteiger partial charge in [0.05, 0.1) is 17.0 Å². The Hall–Kier alpha value is -1.74. The van der Waals surface area contributed by atoms with Crippen molar-refractivity contribution in [2.45, 2.75) is 0 Å². The molecule has 2 aromatic rings. The Morgan fingerprint density at radius 1 is 1.25 bits per heavy atom. The van der Waals surface area contributed by atoms with Crippen molar-refractivity contribution in [3.63, 3.8) is 0 Å². The summed E-state index contributed by atoms with van der Waals surface area (Å²) in [6.07, 6.45) is 1.47. The second-order valence-corrected chi connectivity index (χ2v) is 3.70. The molecule has 2 rings (SSSR count). The average molecular weight is 236 g/mol. The fourth-order valence-corrected chi connectivity index (χ4v) is 1.66. The predicted octanol–water partition coefficient (Wildman–Crippen LogP) is 3.21. The lowest BCUT2D eigenvalue weighted by Gasteiger charge is -2.16. The Bertz CT molecular complexity index is 493. The molecular weight excluding hydrogens is 226 g/mol. The maximum Gasteiger partial charge on any atom is 0.293 e. The van der Waals surface area contributed by atoms with E-state index in [-0.39, 0.29) is 5.91 Å². The van der Waals surface area contributed by atoms with Crippen molar-refractivity contribution in [2.24, 2.45) is 0 Å². The fourth-order valence-electron chi connectivity index (χ4n) is 1.40. The van der Waals surface area contributed by atoms with Crippen molar-refractivity contribution in [3.8, 4) is 0 Å². The maximum absolute atomic E-state index is 11.9. The first-order valence-corrected chi connectivity index (χ1v) is 5.14. The summed E-state index contributed by atoms with van der Waals surface area (Å²) in [4.78, 5) is 13.4. The van der Waals surface area contributed by atoms with Crippen LogP contribution < -0.4 is 4.90 Å². The number of furan rings is 1. The van der Waals surface area contributed by atoms with Crippen LogP contribution in [0.5, 0.6) is 0 Å². The second kappa shape index (κ2) is 4.41. The molecular formula is C12H10ClNO2. The normalized spacial score (nSPS) is 10.1. The highest BCUT2D eigenvalue weighted by Gasteiger charge is 2.17. The zero-order valence-electron chi connectivity index (χ0n) is 8.68. The molecule has 82 valence electrons. The number of carbonyl (C=O) groups excluding carboxylic acids is 1. The van der Waals surface area contributed by atoms with Gasteiger partial charge in [0.25, 0.3) is 5.91 Å². The highest BCUT2D eigenvalue weighted by atomic mass is 35.5. The number of hydrogen-bond donors (Lipinski definition) is 0. The van der Waals surface area contributed by atoms with E-state index < -0.39 is 0 Å². The van der Waals surface area contributed by atoms with E-state index in [0.29, 0.717) is 16.5 Å². The van der Waals surface area contributed by atoms with Crippen LogP contribution in [0.2, 0.25) is 5.02 Å². The molecule has 1 aromatic carbocycles. The molecule has 0 saturated carbocycles. The lowest BCUT2D eigenvalue weighted by Crippen LogP contribution is -2.25. The van der Waals surface area contributed by atoms with Gasteiger partial charge in [0.2, 0.25) is 0 Å². The molecule has 0 N–H and O–H groups in total. The minimum atomic E-state index is -0.224. The van der Waals surface area contributed by atoms with Crippen molar-refractivity contribution < 1.29 is 9.21 Å². The lowest BCUT2D eigenvalue weighted by atomic mass is 10.3. The molecule has 0 saturated heterocycles. The van der Waals surface area contributed by atoms with Crippen LogP contribution in [0.4, 0.5) is 5.69 Å². The van der Waals surface area contributed by atoms with Gasteiger partial charge in [-0.05, 0) is 24.3 Å². The van der Waals surface area contributed by atoms with E-state index in [9.17, 15) is 4.79 Å². The third kappa shape index (κ3) is 1.95. The van der Waals surface area contributed by atoms with Crippen molar-refractivity contribution >= 4 is 23.2 Å². The van der Waals surface area contributed by atoms with Crippen LogP contribution in [-0.2, 0) is 0 Å². The van der Waals surface area contributed by atoms with Crippen molar-refractivity contribution in [1.82, 2.24) is 0 Å². The van der Waals surface area contributed by atoms with Crippen LogP contribution in [0.15, 0.2) is 47.1 Å². The molecule has 0 bridgehead atoms. The first-order chi connectivity index (χ1) is 7.70. The van der Waals surface area contributed by atoms with E-state index in [4.69, 9.17) is 16.0 Å². The smallest absolute Gasteiger partial charge is 0.293 e. The summed E-state index contributed by atoms with van der Waals surface area (Å²) >= 11 is 6.00. The van der Waals surface area contributed by atoms with Crippen LogP contribution in [0.25, 0.3) is 0 Å². The average Bonchev–Trinajstić information content (AvgIpc) is 2.81. The number of carbonyl (C=O) groups is 1. The van der Waals surface area contributed by atoms with Crippen LogP contribution in [-0.4, -0.2) is 13.0 Å². The molecule has 0 atom stereocenters. The van der Waals surface area contributed by atoms with Gasteiger partial charge >= 0.3 is 0 Å². The van der Waals surface area contributed by atoms with Crippen molar-refractivity contribution in [2.75, 3.05) is 11.9 Å². The monoisotopic (exact) mass is 235 g/mol. The largest absolute Gasteiger partial charge is 0.459 e. The number of rotatable bonds is 2. The minimum absolute atomic E-state index is 0.224. The topological polar surface area (TPSA) is 33.5 Å². The van der Waals surface area contributed by atoms with Crippen LogP contribution in [0.3, 0.4) is 0 Å². The zero-order chi connectivity index (χ0) is 11.5. The summed E-state index contributed by atoms with van der Waals surface area (Å²) < 4.78 is 5.04. The van der Waals surface area contributed by atoms with E-state index in [2.05, 4.69) is 0 Å². The maximum atomic E-state index is 11.9. The molecule has 3 nitrogen and oxygen atoms in total. The SMILES string of the molecule is CN(C(=O)c1ccco1)c1ccccc1Cl. The van der Waals surface area contributed by atoms with Gasteiger partial charge in [0, 0.05) is 7.05 Å². The molecule has 0 aliphatic carbocycles. The number of nitrogens with zero attached hydrogens (tertiary/aromatic N) is 1. The Balaban J connectivity index is 2.30. The van der Waals surface area contributed by atoms with E-state index in [1.165, 1.54) is 11.2 Å². The number of halogens is 1. The van der Waals surface area contributed by atoms with Gasteiger partial charge in [-0.2, -0.15) is 0 Å². The van der Waals surface area contributed by atoms with E-state index in [1.807, 2.05) is 12.1 Å². The lowest BCUT2D eigenvalue weighted by molar-refractivity contribution is 0.0966. The van der Waals surface area contributed by atoms with Crippen LogP contribution >= 0.6 is 11.6 Å². The third-order valence-electron chi connectivity index (χ3n) is 2.25. The zero-order valence-corrected chi connectivity index (χ0v) is 9.44. The highest BCUT2D eigenvalue weighted by Crippen LogP contribution is 2.25. The summed E-state index contributed by atoms with van der Waals surface area (Å²) in [6, 6.07) is 10.5. The molecule has 0 fully saturated rings. The Morgan fingerprint density at radius 3 is 2.62 bits per heavy atom. The quantitative estimate of drug-likeness (QED) is 0.801. The number of amides is 1. The van der Waals surface area contributed by atoms with Crippen molar-refractivity contribution in [3.05, 3.63) is 53.4 Å². The van der Waals surface area contributed by atoms with Gasteiger partial charge < -0.3 is 9.32 Å². The van der Waals surface area contributed by atoms with E-state index >= 15 is 0 Å². The number of hydrogen-bond acceptors (Lipinski definition) is 2. The van der Waals surface area contributed by atoms with E-state index in [0.717, 1.165) is 0 Å². The Kier molecular flexibility index (Phi) is 2.97. The van der Waals surface area contributed by atoms with Gasteiger partial charge in [-0.3, -0.25) is 4.79 Å². The molecule has 1 heterocycles. The molecule has 0 aliphatic heterocycles. The van der Waals surface area contributed by atoms with Gasteiger partial charge in [-0.15, -0.1) is 0 Å². The first kappa shape index (κ1) is 10.8. The summed E-state index contributed by atoms with van der Waals surface area (Å²) in [6.45, 7) is 0. The van der Waals surface area contributed by atoms with Crippen LogP contribution in [0.1, 0.15) is 10.6 Å². The number of benzene rings is 1. The highest BCUT2D eigenvalue weighted by molar-refractivity contribution is 6.34. The Morgan fingerprint density at radius 2 is 2.00 bits per heavy atom. The number of para-hydroxylation sites is 1. The number of anilines is 1. The molecule has 0 aliphatic rings. The fraction of sp³-hybridized carbons (Fsp3) is 0.0833. The van der Waals surface area contributed by atoms with Gasteiger partial charge in [-0.25, -0.2) is 0 Å². The van der Waals surface area contributed by atoms with Gasteiger partial charge in [0.1, 0.15) is 0 Å². The van der Waals surface area contributed by atoms with Gasteiger partial charge in [0.15, 0.2) is 5.76 Å². The molecule has 0 unspecified atom stereocenters. The van der Waals surface area contributed by atoms with E-state index in [1.54, 1.807) is 31.3 Å². The van der Waals surface area contributed by atoms with Crippen molar-refractivity contribution in [1.29, 1.82) is 0 Å². The summed E-state index contributed by atoms with van der Waals surface area (Å²) in [5.74, 6) is 0.0699. The third-order valence-corrected chi connectivity index (χ3v) is 2.57. The predicted molar refractivity (Wildman–Crippen MR) is 62.9 cm³/mol. The summed E-state index contributed by atoms with van der Waals surface area (Å²) in [7, 11) is 1.66. The first-order valence-electron chi connectivity index (χ1n) is 4.76. The molecule has 1 amide bonds. The summed E-state index contributed by atoms with van der Waals surface area (Å²) in [5, 5.41) is 0.532. The minimum Gasteiger partial charge on any atom is -0.459 e.